The zero-order chi connectivity index (χ0) is 15.3. The Morgan fingerprint density at radius 1 is 1.30 bits per heavy atom. The van der Waals surface area contributed by atoms with E-state index >= 15 is 0 Å². The van der Waals surface area contributed by atoms with Crippen LogP contribution < -0.4 is 5.73 Å². The number of hydrogen-bond acceptors (Lipinski definition) is 3. The maximum atomic E-state index is 13.4. The molecule has 0 spiro atoms. The molecule has 0 fully saturated rings. The van der Waals surface area contributed by atoms with Gasteiger partial charge in [0.05, 0.1) is 4.90 Å². The van der Waals surface area contributed by atoms with Gasteiger partial charge in [-0.25, -0.2) is 12.8 Å². The number of rotatable bonds is 7. The van der Waals surface area contributed by atoms with Crippen molar-refractivity contribution in [3.63, 3.8) is 0 Å². The second kappa shape index (κ2) is 7.15. The van der Waals surface area contributed by atoms with E-state index in [1.807, 2.05) is 13.8 Å². The van der Waals surface area contributed by atoms with Crippen molar-refractivity contribution in [3.8, 4) is 0 Å². The first-order valence-electron chi connectivity index (χ1n) is 6.86. The second-order valence-corrected chi connectivity index (χ2v) is 6.64. The minimum Gasteiger partial charge on any atom is -0.329 e. The molecule has 0 atom stereocenters. The van der Waals surface area contributed by atoms with Crippen LogP contribution in [-0.4, -0.2) is 31.9 Å². The van der Waals surface area contributed by atoms with Gasteiger partial charge in [-0.15, -0.1) is 0 Å². The Bertz CT molecular complexity index is 542. The molecule has 2 N–H and O–H groups in total. The molecule has 0 bridgehead atoms. The van der Waals surface area contributed by atoms with Crippen molar-refractivity contribution in [2.75, 3.05) is 13.1 Å². The molecular weight excluding hydrogens is 279 g/mol. The van der Waals surface area contributed by atoms with E-state index in [4.69, 9.17) is 5.73 Å². The summed E-state index contributed by atoms with van der Waals surface area (Å²) >= 11 is 0. The molecule has 0 saturated carbocycles. The largest absolute Gasteiger partial charge is 0.329 e. The molecule has 114 valence electrons. The highest BCUT2D eigenvalue weighted by atomic mass is 32.2. The van der Waals surface area contributed by atoms with E-state index in [1.54, 1.807) is 6.92 Å². The van der Waals surface area contributed by atoms with Crippen LogP contribution in [0, 0.1) is 12.7 Å². The topological polar surface area (TPSA) is 63.4 Å². The van der Waals surface area contributed by atoms with Gasteiger partial charge < -0.3 is 5.73 Å². The van der Waals surface area contributed by atoms with Gasteiger partial charge >= 0.3 is 0 Å². The van der Waals surface area contributed by atoms with Gasteiger partial charge in [0.15, 0.2) is 0 Å². The molecule has 6 heteroatoms. The van der Waals surface area contributed by atoms with Gasteiger partial charge in [-0.1, -0.05) is 19.9 Å². The third kappa shape index (κ3) is 3.56. The molecule has 0 saturated heterocycles. The van der Waals surface area contributed by atoms with Gasteiger partial charge in [0.25, 0.3) is 0 Å². The Morgan fingerprint density at radius 2 is 1.90 bits per heavy atom. The van der Waals surface area contributed by atoms with Crippen LogP contribution in [0.3, 0.4) is 0 Å². The van der Waals surface area contributed by atoms with Gasteiger partial charge in [0, 0.05) is 19.1 Å². The van der Waals surface area contributed by atoms with Crippen molar-refractivity contribution in [3.05, 3.63) is 29.6 Å². The first-order valence-corrected chi connectivity index (χ1v) is 8.30. The van der Waals surface area contributed by atoms with Crippen LogP contribution in [0.5, 0.6) is 0 Å². The van der Waals surface area contributed by atoms with Crippen LogP contribution in [0.4, 0.5) is 4.39 Å². The molecular formula is C14H23FN2O2S. The van der Waals surface area contributed by atoms with Crippen molar-refractivity contribution in [2.24, 2.45) is 5.73 Å². The minimum absolute atomic E-state index is 0.0258. The summed E-state index contributed by atoms with van der Waals surface area (Å²) in [5, 5.41) is 0. The third-order valence-electron chi connectivity index (χ3n) is 3.44. The number of aryl methyl sites for hydroxylation is 1. The molecule has 0 amide bonds. The maximum absolute atomic E-state index is 13.4. The monoisotopic (exact) mass is 302 g/mol. The Labute approximate surface area is 120 Å². The minimum atomic E-state index is -3.73. The highest BCUT2D eigenvalue weighted by Crippen LogP contribution is 2.24. The van der Waals surface area contributed by atoms with Gasteiger partial charge in [-0.2, -0.15) is 4.31 Å². The van der Waals surface area contributed by atoms with Crippen molar-refractivity contribution in [2.45, 2.75) is 44.6 Å². The van der Waals surface area contributed by atoms with Gasteiger partial charge in [0.2, 0.25) is 10.0 Å². The van der Waals surface area contributed by atoms with Crippen LogP contribution in [0.2, 0.25) is 0 Å². The molecule has 1 aromatic rings. The van der Waals surface area contributed by atoms with E-state index in [-0.39, 0.29) is 24.0 Å². The molecule has 0 aliphatic carbocycles. The van der Waals surface area contributed by atoms with Crippen LogP contribution in [0.1, 0.15) is 32.3 Å². The van der Waals surface area contributed by atoms with Crippen molar-refractivity contribution in [1.82, 2.24) is 4.31 Å². The number of benzene rings is 1. The predicted octanol–water partition coefficient (Wildman–Crippen LogP) is 2.27. The Balaban J connectivity index is 3.32. The van der Waals surface area contributed by atoms with E-state index in [9.17, 15) is 12.8 Å². The average Bonchev–Trinajstić information content (AvgIpc) is 2.41. The average molecular weight is 302 g/mol. The molecule has 4 nitrogen and oxygen atoms in total. The Kier molecular flexibility index (Phi) is 6.10. The standard InChI is InChI=1S/C14H23FN2O2S/c1-4-13(5-2)17(9-8-16)20(18,19)14-10-12(15)7-6-11(14)3/h6-7,10,13H,4-5,8-9,16H2,1-3H3. The molecule has 0 heterocycles. The van der Waals surface area contributed by atoms with E-state index in [0.29, 0.717) is 18.4 Å². The number of nitrogens with zero attached hydrogens (tertiary/aromatic N) is 1. The fourth-order valence-electron chi connectivity index (χ4n) is 2.30. The molecule has 1 aromatic carbocycles. The quantitative estimate of drug-likeness (QED) is 0.840. The predicted molar refractivity (Wildman–Crippen MR) is 78.5 cm³/mol. The van der Waals surface area contributed by atoms with Crippen LogP contribution in [0.25, 0.3) is 0 Å². The lowest BCUT2D eigenvalue weighted by molar-refractivity contribution is 0.309. The maximum Gasteiger partial charge on any atom is 0.243 e. The van der Waals surface area contributed by atoms with Crippen LogP contribution in [-0.2, 0) is 10.0 Å². The summed E-state index contributed by atoms with van der Waals surface area (Å²) in [6, 6.07) is 3.71. The lowest BCUT2D eigenvalue weighted by Gasteiger charge is -2.29. The number of nitrogens with two attached hydrogens (primary N) is 1. The highest BCUT2D eigenvalue weighted by Gasteiger charge is 2.30. The Hall–Kier alpha value is -0.980. The van der Waals surface area contributed by atoms with E-state index in [2.05, 4.69) is 0 Å². The van der Waals surface area contributed by atoms with Crippen LogP contribution >= 0.6 is 0 Å². The fraction of sp³-hybridized carbons (Fsp3) is 0.571. The summed E-state index contributed by atoms with van der Waals surface area (Å²) in [4.78, 5) is 0.0258. The summed E-state index contributed by atoms with van der Waals surface area (Å²) < 4.78 is 40.3. The van der Waals surface area contributed by atoms with Gasteiger partial charge in [0.1, 0.15) is 5.82 Å². The van der Waals surface area contributed by atoms with Crippen molar-refractivity contribution < 1.29 is 12.8 Å². The molecule has 0 aliphatic heterocycles. The summed E-state index contributed by atoms with van der Waals surface area (Å²) in [5.41, 5.74) is 6.08. The second-order valence-electron chi connectivity index (χ2n) is 4.78. The number of hydrogen-bond donors (Lipinski definition) is 1. The van der Waals surface area contributed by atoms with E-state index in [0.717, 1.165) is 6.07 Å². The Morgan fingerprint density at radius 3 is 2.40 bits per heavy atom. The van der Waals surface area contributed by atoms with E-state index in [1.165, 1.54) is 16.4 Å². The fourth-order valence-corrected chi connectivity index (χ4v) is 4.33. The molecule has 0 radical (unpaired) electrons. The third-order valence-corrected chi connectivity index (χ3v) is 5.53. The lowest BCUT2D eigenvalue weighted by Crippen LogP contribution is -2.42. The molecule has 0 unspecified atom stereocenters. The zero-order valence-corrected chi connectivity index (χ0v) is 13.1. The van der Waals surface area contributed by atoms with Crippen molar-refractivity contribution >= 4 is 10.0 Å². The first-order chi connectivity index (χ1) is 9.38. The summed E-state index contributed by atoms with van der Waals surface area (Å²) in [6.07, 6.45) is 1.40. The molecule has 20 heavy (non-hydrogen) atoms. The smallest absolute Gasteiger partial charge is 0.243 e. The molecule has 1 rings (SSSR count). The van der Waals surface area contributed by atoms with E-state index < -0.39 is 15.8 Å². The summed E-state index contributed by atoms with van der Waals surface area (Å²) in [6.45, 7) is 6.02. The van der Waals surface area contributed by atoms with Gasteiger partial charge in [-0.05, 0) is 37.5 Å². The highest BCUT2D eigenvalue weighted by molar-refractivity contribution is 7.89. The summed E-state index contributed by atoms with van der Waals surface area (Å²) in [7, 11) is -3.73. The van der Waals surface area contributed by atoms with Crippen molar-refractivity contribution in [1.29, 1.82) is 0 Å². The molecule has 0 aromatic heterocycles. The number of sulfonamides is 1. The lowest BCUT2D eigenvalue weighted by atomic mass is 10.2. The molecule has 0 aliphatic rings. The zero-order valence-electron chi connectivity index (χ0n) is 12.3. The first kappa shape index (κ1) is 17.1. The SMILES string of the molecule is CCC(CC)N(CCN)S(=O)(=O)c1cc(F)ccc1C. The van der Waals surface area contributed by atoms with Gasteiger partial charge in [-0.3, -0.25) is 0 Å². The normalized spacial score (nSPS) is 12.3. The van der Waals surface area contributed by atoms with Crippen LogP contribution in [0.15, 0.2) is 23.1 Å². The number of halogens is 1. The summed E-state index contributed by atoms with van der Waals surface area (Å²) in [5.74, 6) is -0.550.